The van der Waals surface area contributed by atoms with Gasteiger partial charge in [-0.15, -0.1) is 11.3 Å². The SMILES string of the molecule is CC(C)(C)N(CC1CCC(Nc2nc(-c3ccc(C(N)=O)cc3)cs2)CC1)C(=O)O. The second-order valence-electron chi connectivity index (χ2n) is 8.91. The normalized spacial score (nSPS) is 19.3. The average Bonchev–Trinajstić information content (AvgIpc) is 3.14. The molecule has 2 aromatic rings. The van der Waals surface area contributed by atoms with Crippen LogP contribution in [0.2, 0.25) is 0 Å². The van der Waals surface area contributed by atoms with Crippen molar-refractivity contribution in [3.05, 3.63) is 35.2 Å². The molecule has 0 spiro atoms. The number of nitrogens with two attached hydrogens (primary N) is 1. The van der Waals surface area contributed by atoms with Crippen LogP contribution in [-0.4, -0.2) is 45.1 Å². The number of amides is 2. The van der Waals surface area contributed by atoms with Gasteiger partial charge in [-0.3, -0.25) is 4.79 Å². The van der Waals surface area contributed by atoms with Gasteiger partial charge in [0, 0.05) is 34.6 Å². The summed E-state index contributed by atoms with van der Waals surface area (Å²) >= 11 is 1.57. The minimum absolute atomic E-state index is 0.352. The van der Waals surface area contributed by atoms with E-state index in [2.05, 4.69) is 10.3 Å². The Bertz CT molecular complexity index is 881. The third-order valence-electron chi connectivity index (χ3n) is 5.63. The number of carboxylic acid groups (broad SMARTS) is 1. The van der Waals surface area contributed by atoms with Crippen molar-refractivity contribution in [3.8, 4) is 11.3 Å². The molecule has 1 aliphatic carbocycles. The van der Waals surface area contributed by atoms with E-state index in [1.807, 2.05) is 38.3 Å². The van der Waals surface area contributed by atoms with Crippen LogP contribution in [0.25, 0.3) is 11.3 Å². The molecule has 7 nitrogen and oxygen atoms in total. The molecule has 30 heavy (non-hydrogen) atoms. The van der Waals surface area contributed by atoms with Crippen molar-refractivity contribution < 1.29 is 14.7 Å². The van der Waals surface area contributed by atoms with Gasteiger partial charge in [-0.2, -0.15) is 0 Å². The van der Waals surface area contributed by atoms with Gasteiger partial charge in [0.25, 0.3) is 0 Å². The van der Waals surface area contributed by atoms with Crippen LogP contribution in [0.5, 0.6) is 0 Å². The van der Waals surface area contributed by atoms with Gasteiger partial charge in [-0.1, -0.05) is 12.1 Å². The van der Waals surface area contributed by atoms with E-state index in [1.165, 1.54) is 0 Å². The van der Waals surface area contributed by atoms with Crippen LogP contribution in [0.1, 0.15) is 56.8 Å². The lowest BCUT2D eigenvalue weighted by atomic mass is 9.85. The summed E-state index contributed by atoms with van der Waals surface area (Å²) in [5.74, 6) is -0.0410. The van der Waals surface area contributed by atoms with E-state index >= 15 is 0 Å². The first-order valence-corrected chi connectivity index (χ1v) is 11.1. The van der Waals surface area contributed by atoms with Crippen LogP contribution >= 0.6 is 11.3 Å². The summed E-state index contributed by atoms with van der Waals surface area (Å²) in [6.07, 6.45) is 3.17. The van der Waals surface area contributed by atoms with Crippen molar-refractivity contribution >= 4 is 28.5 Å². The smallest absolute Gasteiger partial charge is 0.407 e. The number of thiazole rings is 1. The molecule has 0 saturated heterocycles. The summed E-state index contributed by atoms with van der Waals surface area (Å²) in [6.45, 7) is 6.41. The maximum Gasteiger partial charge on any atom is 0.407 e. The number of hydrogen-bond acceptors (Lipinski definition) is 5. The first kappa shape index (κ1) is 22.1. The number of carbonyl (C=O) groups is 2. The molecule has 2 amide bonds. The van der Waals surface area contributed by atoms with Crippen molar-refractivity contribution in [2.24, 2.45) is 11.7 Å². The number of primary amides is 1. The molecular formula is C22H30N4O3S. The lowest BCUT2D eigenvalue weighted by Crippen LogP contribution is -2.48. The zero-order chi connectivity index (χ0) is 21.9. The number of hydrogen-bond donors (Lipinski definition) is 3. The highest BCUT2D eigenvalue weighted by Crippen LogP contribution is 2.31. The Hall–Kier alpha value is -2.61. The first-order valence-electron chi connectivity index (χ1n) is 10.3. The predicted molar refractivity (Wildman–Crippen MR) is 120 cm³/mol. The lowest BCUT2D eigenvalue weighted by molar-refractivity contribution is 0.0825. The maximum absolute atomic E-state index is 11.6. The molecule has 0 radical (unpaired) electrons. The zero-order valence-electron chi connectivity index (χ0n) is 17.7. The summed E-state index contributed by atoms with van der Waals surface area (Å²) in [7, 11) is 0. The summed E-state index contributed by atoms with van der Waals surface area (Å²) in [6, 6.07) is 7.49. The highest BCUT2D eigenvalue weighted by molar-refractivity contribution is 7.14. The number of nitrogens with zero attached hydrogens (tertiary/aromatic N) is 2. The van der Waals surface area contributed by atoms with Crippen molar-refractivity contribution in [2.75, 3.05) is 11.9 Å². The van der Waals surface area contributed by atoms with E-state index < -0.39 is 12.0 Å². The number of carbonyl (C=O) groups excluding carboxylic acids is 1. The second kappa shape index (κ2) is 9.04. The number of anilines is 1. The van der Waals surface area contributed by atoms with Crippen LogP contribution < -0.4 is 11.1 Å². The molecule has 0 unspecified atom stereocenters. The third kappa shape index (κ3) is 5.50. The molecule has 3 rings (SSSR count). The molecule has 0 bridgehead atoms. The average molecular weight is 431 g/mol. The molecule has 1 saturated carbocycles. The van der Waals surface area contributed by atoms with Gasteiger partial charge in [0.2, 0.25) is 5.91 Å². The Morgan fingerprint density at radius 3 is 2.37 bits per heavy atom. The van der Waals surface area contributed by atoms with E-state index in [4.69, 9.17) is 5.73 Å². The van der Waals surface area contributed by atoms with Crippen LogP contribution in [-0.2, 0) is 0 Å². The van der Waals surface area contributed by atoms with Gasteiger partial charge in [0.1, 0.15) is 0 Å². The lowest BCUT2D eigenvalue weighted by Gasteiger charge is -2.38. The monoisotopic (exact) mass is 430 g/mol. The molecule has 1 fully saturated rings. The Balaban J connectivity index is 1.53. The number of nitrogens with one attached hydrogen (secondary N) is 1. The van der Waals surface area contributed by atoms with Crippen molar-refractivity contribution in [1.29, 1.82) is 0 Å². The highest BCUT2D eigenvalue weighted by Gasteiger charge is 2.31. The molecule has 162 valence electrons. The van der Waals surface area contributed by atoms with E-state index in [0.29, 0.717) is 24.1 Å². The fourth-order valence-corrected chi connectivity index (χ4v) is 4.64. The Morgan fingerprint density at radius 2 is 1.83 bits per heavy atom. The molecule has 1 aromatic carbocycles. The number of rotatable bonds is 6. The second-order valence-corrected chi connectivity index (χ2v) is 9.76. The summed E-state index contributed by atoms with van der Waals surface area (Å²) < 4.78 is 0. The number of benzene rings is 1. The van der Waals surface area contributed by atoms with E-state index in [0.717, 1.165) is 42.1 Å². The molecule has 0 aliphatic heterocycles. The Labute approximate surface area is 181 Å². The third-order valence-corrected chi connectivity index (χ3v) is 6.40. The van der Waals surface area contributed by atoms with E-state index in [1.54, 1.807) is 28.4 Å². The fraction of sp³-hybridized carbons (Fsp3) is 0.500. The van der Waals surface area contributed by atoms with Crippen LogP contribution in [0.4, 0.5) is 9.93 Å². The molecule has 0 atom stereocenters. The van der Waals surface area contributed by atoms with Gasteiger partial charge in [-0.05, 0) is 64.5 Å². The Morgan fingerprint density at radius 1 is 1.20 bits per heavy atom. The summed E-state index contributed by atoms with van der Waals surface area (Å²) in [5.41, 5.74) is 7.21. The van der Waals surface area contributed by atoms with E-state index in [9.17, 15) is 14.7 Å². The van der Waals surface area contributed by atoms with Gasteiger partial charge in [0.05, 0.1) is 5.69 Å². The molecule has 1 heterocycles. The predicted octanol–water partition coefficient (Wildman–Crippen LogP) is 4.66. The molecule has 4 N–H and O–H groups in total. The maximum atomic E-state index is 11.6. The van der Waals surface area contributed by atoms with Crippen LogP contribution in [0.15, 0.2) is 29.6 Å². The highest BCUT2D eigenvalue weighted by atomic mass is 32.1. The van der Waals surface area contributed by atoms with Gasteiger partial charge in [-0.25, -0.2) is 9.78 Å². The molecule has 1 aromatic heterocycles. The first-order chi connectivity index (χ1) is 14.1. The zero-order valence-corrected chi connectivity index (χ0v) is 18.5. The molecule has 8 heteroatoms. The topological polar surface area (TPSA) is 109 Å². The number of aromatic nitrogens is 1. The van der Waals surface area contributed by atoms with Crippen molar-refractivity contribution in [2.45, 2.75) is 58.0 Å². The van der Waals surface area contributed by atoms with Crippen molar-refractivity contribution in [1.82, 2.24) is 9.88 Å². The van der Waals surface area contributed by atoms with Crippen LogP contribution in [0.3, 0.4) is 0 Å². The van der Waals surface area contributed by atoms with Crippen LogP contribution in [0, 0.1) is 5.92 Å². The summed E-state index contributed by atoms with van der Waals surface area (Å²) in [4.78, 5) is 29.0. The molecular weight excluding hydrogens is 400 g/mol. The van der Waals surface area contributed by atoms with Gasteiger partial charge >= 0.3 is 6.09 Å². The quantitative estimate of drug-likeness (QED) is 0.618. The van der Waals surface area contributed by atoms with Gasteiger partial charge < -0.3 is 21.1 Å². The molecule has 1 aliphatic rings. The minimum Gasteiger partial charge on any atom is -0.465 e. The fourth-order valence-electron chi connectivity index (χ4n) is 3.84. The van der Waals surface area contributed by atoms with E-state index in [-0.39, 0.29) is 5.54 Å². The summed E-state index contributed by atoms with van der Waals surface area (Å²) in [5, 5.41) is 15.9. The largest absolute Gasteiger partial charge is 0.465 e. The van der Waals surface area contributed by atoms with Crippen molar-refractivity contribution in [3.63, 3.8) is 0 Å². The van der Waals surface area contributed by atoms with Gasteiger partial charge in [0.15, 0.2) is 5.13 Å². The Kier molecular flexibility index (Phi) is 6.65. The minimum atomic E-state index is -0.845. The standard InChI is InChI=1S/C22H30N4O3S/c1-22(2,3)26(21(28)29)12-14-4-10-17(11-5-14)24-20-25-18(13-30-20)15-6-8-16(9-7-15)19(23)27/h6-9,13-14,17H,4-5,10-12H2,1-3H3,(H2,23,27)(H,24,25)(H,28,29).